The van der Waals surface area contributed by atoms with Gasteiger partial charge in [-0.1, -0.05) is 30.3 Å². The Labute approximate surface area is 205 Å². The number of fused-ring (bicyclic) bond motifs is 2. The molecule has 1 aliphatic rings. The van der Waals surface area contributed by atoms with Crippen LogP contribution in [0.15, 0.2) is 54.6 Å². The van der Waals surface area contributed by atoms with E-state index in [9.17, 15) is 4.79 Å². The van der Waals surface area contributed by atoms with Crippen molar-refractivity contribution in [1.29, 1.82) is 0 Å². The molecule has 2 aromatic heterocycles. The third-order valence-corrected chi connectivity index (χ3v) is 6.51. The minimum Gasteiger partial charge on any atom is -0.369 e. The van der Waals surface area contributed by atoms with Gasteiger partial charge in [0.15, 0.2) is 0 Å². The Morgan fingerprint density at radius 1 is 1.03 bits per heavy atom. The molecule has 8 nitrogen and oxygen atoms in total. The lowest BCUT2D eigenvalue weighted by Gasteiger charge is -2.34. The van der Waals surface area contributed by atoms with Crippen molar-refractivity contribution >= 4 is 33.5 Å². The van der Waals surface area contributed by atoms with Crippen LogP contribution in [-0.2, 0) is 6.54 Å². The maximum atomic E-state index is 13.0. The molecular weight excluding hydrogens is 438 g/mol. The fourth-order valence-corrected chi connectivity index (χ4v) is 4.60. The summed E-state index contributed by atoms with van der Waals surface area (Å²) in [5.74, 6) is 1.78. The first-order valence-electron chi connectivity index (χ1n) is 12.3. The number of H-pyrrole nitrogens is 1. The molecule has 5 rings (SSSR count). The highest BCUT2D eigenvalue weighted by atomic mass is 16.2. The van der Waals surface area contributed by atoms with Crippen molar-refractivity contribution < 1.29 is 4.79 Å². The highest BCUT2D eigenvalue weighted by Gasteiger charge is 2.24. The third kappa shape index (κ3) is 5.44. The number of anilines is 1. The molecule has 0 bridgehead atoms. The lowest BCUT2D eigenvalue weighted by atomic mass is 10.2. The summed E-state index contributed by atoms with van der Waals surface area (Å²) in [6.07, 6.45) is 1.05. The van der Waals surface area contributed by atoms with Crippen LogP contribution in [0.4, 0.5) is 5.82 Å². The van der Waals surface area contributed by atoms with E-state index in [1.807, 2.05) is 53.4 Å². The second kappa shape index (κ2) is 10.4. The third-order valence-electron chi connectivity index (χ3n) is 6.51. The standard InChI is InChI=1S/C27H33N7O/c1-32(2)13-7-12-28-26-21-9-4-6-11-23(21)30-25(31-26)19-33-14-16-34(17-15-33)27(35)24-18-20-8-3-5-10-22(20)29-24/h3-6,8-11,18,29H,7,12-17,19H2,1-2H3,(H,28,30,31). The largest absolute Gasteiger partial charge is 0.369 e. The van der Waals surface area contributed by atoms with E-state index in [-0.39, 0.29) is 5.91 Å². The normalized spacial score (nSPS) is 14.8. The second-order valence-corrected chi connectivity index (χ2v) is 9.43. The smallest absolute Gasteiger partial charge is 0.270 e. The molecular formula is C27H33N7O. The van der Waals surface area contributed by atoms with Crippen LogP contribution in [0.2, 0.25) is 0 Å². The average Bonchev–Trinajstić information content (AvgIpc) is 3.31. The molecule has 0 radical (unpaired) electrons. The number of rotatable bonds is 8. The molecule has 2 aromatic carbocycles. The van der Waals surface area contributed by atoms with E-state index >= 15 is 0 Å². The van der Waals surface area contributed by atoms with Crippen LogP contribution in [0.3, 0.4) is 0 Å². The van der Waals surface area contributed by atoms with Crippen molar-refractivity contribution in [2.45, 2.75) is 13.0 Å². The molecule has 8 heteroatoms. The Morgan fingerprint density at radius 2 is 1.80 bits per heavy atom. The van der Waals surface area contributed by atoms with Gasteiger partial charge < -0.3 is 20.1 Å². The fourth-order valence-electron chi connectivity index (χ4n) is 4.60. The molecule has 1 aliphatic heterocycles. The summed E-state index contributed by atoms with van der Waals surface area (Å²) in [6.45, 7) is 5.56. The summed E-state index contributed by atoms with van der Waals surface area (Å²) in [5, 5.41) is 5.63. The van der Waals surface area contributed by atoms with Gasteiger partial charge in [0.25, 0.3) is 5.91 Å². The minimum atomic E-state index is 0.0621. The molecule has 35 heavy (non-hydrogen) atoms. The van der Waals surface area contributed by atoms with Gasteiger partial charge in [0, 0.05) is 49.0 Å². The zero-order chi connectivity index (χ0) is 24.2. The van der Waals surface area contributed by atoms with E-state index < -0.39 is 0 Å². The first-order chi connectivity index (χ1) is 17.1. The molecule has 0 spiro atoms. The lowest BCUT2D eigenvalue weighted by Crippen LogP contribution is -2.48. The van der Waals surface area contributed by atoms with Crippen molar-refractivity contribution in [3.05, 3.63) is 66.1 Å². The summed E-state index contributed by atoms with van der Waals surface area (Å²) >= 11 is 0. The van der Waals surface area contributed by atoms with Gasteiger partial charge in [-0.15, -0.1) is 0 Å². The van der Waals surface area contributed by atoms with Gasteiger partial charge in [-0.2, -0.15) is 0 Å². The molecule has 0 unspecified atom stereocenters. The second-order valence-electron chi connectivity index (χ2n) is 9.43. The van der Waals surface area contributed by atoms with E-state index in [0.29, 0.717) is 25.3 Å². The number of nitrogens with zero attached hydrogens (tertiary/aromatic N) is 5. The number of amides is 1. The molecule has 1 fully saturated rings. The van der Waals surface area contributed by atoms with E-state index in [0.717, 1.165) is 66.0 Å². The summed E-state index contributed by atoms with van der Waals surface area (Å²) in [4.78, 5) is 32.4. The zero-order valence-electron chi connectivity index (χ0n) is 20.5. The van der Waals surface area contributed by atoms with Crippen molar-refractivity contribution in [2.24, 2.45) is 0 Å². The number of carbonyl (C=O) groups is 1. The van der Waals surface area contributed by atoms with Crippen LogP contribution in [-0.4, -0.2) is 88.9 Å². The number of hydrogen-bond donors (Lipinski definition) is 2. The molecule has 4 aromatic rings. The van der Waals surface area contributed by atoms with E-state index in [2.05, 4.69) is 40.3 Å². The molecule has 3 heterocycles. The monoisotopic (exact) mass is 471 g/mol. The van der Waals surface area contributed by atoms with Crippen LogP contribution >= 0.6 is 0 Å². The van der Waals surface area contributed by atoms with Crippen molar-refractivity contribution in [2.75, 3.05) is 58.7 Å². The van der Waals surface area contributed by atoms with Gasteiger partial charge in [0.1, 0.15) is 17.3 Å². The summed E-state index contributed by atoms with van der Waals surface area (Å²) < 4.78 is 0. The first-order valence-corrected chi connectivity index (χ1v) is 12.3. The van der Waals surface area contributed by atoms with Gasteiger partial charge in [-0.05, 0) is 51.3 Å². The quantitative estimate of drug-likeness (QED) is 0.383. The summed E-state index contributed by atoms with van der Waals surface area (Å²) in [7, 11) is 4.18. The van der Waals surface area contributed by atoms with E-state index in [4.69, 9.17) is 9.97 Å². The van der Waals surface area contributed by atoms with Gasteiger partial charge in [-0.3, -0.25) is 9.69 Å². The fraction of sp³-hybridized carbons (Fsp3) is 0.370. The van der Waals surface area contributed by atoms with Crippen molar-refractivity contribution in [1.82, 2.24) is 29.7 Å². The zero-order valence-corrected chi connectivity index (χ0v) is 20.5. The van der Waals surface area contributed by atoms with Crippen LogP contribution in [0.5, 0.6) is 0 Å². The van der Waals surface area contributed by atoms with Crippen LogP contribution in [0.25, 0.3) is 21.8 Å². The Hall–Kier alpha value is -3.49. The van der Waals surface area contributed by atoms with Gasteiger partial charge in [0.2, 0.25) is 0 Å². The lowest BCUT2D eigenvalue weighted by molar-refractivity contribution is 0.0621. The molecule has 2 N–H and O–H groups in total. The number of para-hydroxylation sites is 2. The van der Waals surface area contributed by atoms with Crippen LogP contribution < -0.4 is 5.32 Å². The van der Waals surface area contributed by atoms with Crippen LogP contribution in [0.1, 0.15) is 22.7 Å². The number of nitrogens with one attached hydrogen (secondary N) is 2. The van der Waals surface area contributed by atoms with Gasteiger partial charge in [0.05, 0.1) is 12.1 Å². The average molecular weight is 472 g/mol. The maximum absolute atomic E-state index is 13.0. The summed E-state index contributed by atoms with van der Waals surface area (Å²) in [5.41, 5.74) is 2.61. The Morgan fingerprint density at radius 3 is 2.60 bits per heavy atom. The number of carbonyl (C=O) groups excluding carboxylic acids is 1. The highest BCUT2D eigenvalue weighted by Crippen LogP contribution is 2.21. The van der Waals surface area contributed by atoms with Gasteiger partial charge >= 0.3 is 0 Å². The van der Waals surface area contributed by atoms with Gasteiger partial charge in [-0.25, -0.2) is 9.97 Å². The number of benzene rings is 2. The Balaban J connectivity index is 1.22. The molecule has 0 saturated carbocycles. The minimum absolute atomic E-state index is 0.0621. The maximum Gasteiger partial charge on any atom is 0.270 e. The predicted molar refractivity (Wildman–Crippen MR) is 141 cm³/mol. The topological polar surface area (TPSA) is 80.4 Å². The SMILES string of the molecule is CN(C)CCCNc1nc(CN2CCN(C(=O)c3cc4ccccc4[nH]3)CC2)nc2ccccc12. The number of piperazine rings is 1. The molecule has 1 amide bonds. The molecule has 1 saturated heterocycles. The highest BCUT2D eigenvalue weighted by molar-refractivity contribution is 5.98. The van der Waals surface area contributed by atoms with E-state index in [1.165, 1.54) is 0 Å². The molecule has 182 valence electrons. The van der Waals surface area contributed by atoms with Crippen molar-refractivity contribution in [3.63, 3.8) is 0 Å². The van der Waals surface area contributed by atoms with Crippen molar-refractivity contribution in [3.8, 4) is 0 Å². The summed E-state index contributed by atoms with van der Waals surface area (Å²) in [6, 6.07) is 18.1. The molecule has 0 aliphatic carbocycles. The van der Waals surface area contributed by atoms with Crippen LogP contribution in [0, 0.1) is 0 Å². The molecule has 0 atom stereocenters. The predicted octanol–water partition coefficient (Wildman–Crippen LogP) is 3.43. The number of hydrogen-bond acceptors (Lipinski definition) is 6. The first kappa shape index (κ1) is 23.3. The number of aromatic nitrogens is 3. The Bertz CT molecular complexity index is 1270. The van der Waals surface area contributed by atoms with E-state index in [1.54, 1.807) is 0 Å². The Kier molecular flexibility index (Phi) is 6.92. The number of aromatic amines is 1.